The standard InChI is InChI=1S/C15H34N2O2.C2H6/c1-5-6-7-11-18-13-14-19-12-9-16-8-10-17(4)15(2)3;1-2/h15-16H,5-14H2,1-4H3;1-2H3. The Hall–Kier alpha value is -0.160. The molecule has 0 heterocycles. The summed E-state index contributed by atoms with van der Waals surface area (Å²) in [6.45, 7) is 16.7. The van der Waals surface area contributed by atoms with E-state index in [2.05, 4.69) is 38.0 Å². The zero-order valence-electron chi connectivity index (χ0n) is 15.4. The molecular weight excluding hydrogens is 264 g/mol. The molecule has 0 aliphatic carbocycles. The first-order valence-electron chi connectivity index (χ1n) is 8.75. The fourth-order valence-corrected chi connectivity index (χ4v) is 1.56. The average molecular weight is 305 g/mol. The summed E-state index contributed by atoms with van der Waals surface area (Å²) >= 11 is 0. The Morgan fingerprint density at radius 2 is 1.52 bits per heavy atom. The van der Waals surface area contributed by atoms with Gasteiger partial charge >= 0.3 is 0 Å². The number of hydrogen-bond acceptors (Lipinski definition) is 4. The van der Waals surface area contributed by atoms with Crippen molar-refractivity contribution >= 4 is 0 Å². The van der Waals surface area contributed by atoms with Crippen molar-refractivity contribution in [3.8, 4) is 0 Å². The smallest absolute Gasteiger partial charge is 0.0701 e. The summed E-state index contributed by atoms with van der Waals surface area (Å²) in [4.78, 5) is 2.33. The topological polar surface area (TPSA) is 33.7 Å². The van der Waals surface area contributed by atoms with Crippen molar-refractivity contribution in [2.45, 2.75) is 59.9 Å². The van der Waals surface area contributed by atoms with E-state index in [0.29, 0.717) is 12.6 Å². The first kappa shape index (κ1) is 23.1. The van der Waals surface area contributed by atoms with Crippen molar-refractivity contribution in [1.29, 1.82) is 0 Å². The molecule has 0 rings (SSSR count). The molecule has 0 unspecified atom stereocenters. The fraction of sp³-hybridized carbons (Fsp3) is 1.00. The maximum Gasteiger partial charge on any atom is 0.0701 e. The van der Waals surface area contributed by atoms with Gasteiger partial charge in [-0.1, -0.05) is 33.6 Å². The molecule has 4 heteroatoms. The third-order valence-electron chi connectivity index (χ3n) is 3.21. The van der Waals surface area contributed by atoms with Crippen molar-refractivity contribution in [3.63, 3.8) is 0 Å². The number of nitrogens with zero attached hydrogens (tertiary/aromatic N) is 1. The van der Waals surface area contributed by atoms with Gasteiger partial charge in [0.2, 0.25) is 0 Å². The first-order valence-corrected chi connectivity index (χ1v) is 8.75. The molecule has 1 N–H and O–H groups in total. The summed E-state index contributed by atoms with van der Waals surface area (Å²) in [5, 5.41) is 3.38. The molecule has 130 valence electrons. The molecule has 0 fully saturated rings. The first-order chi connectivity index (χ1) is 10.2. The Labute approximate surface area is 133 Å². The van der Waals surface area contributed by atoms with Crippen LogP contribution in [0.15, 0.2) is 0 Å². The number of hydrogen-bond donors (Lipinski definition) is 1. The van der Waals surface area contributed by atoms with Gasteiger partial charge < -0.3 is 19.7 Å². The minimum Gasteiger partial charge on any atom is -0.379 e. The minimum absolute atomic E-state index is 0.614. The number of unbranched alkanes of at least 4 members (excludes halogenated alkanes) is 2. The van der Waals surface area contributed by atoms with Crippen LogP contribution in [0.25, 0.3) is 0 Å². The van der Waals surface area contributed by atoms with Crippen LogP contribution in [0.4, 0.5) is 0 Å². The average Bonchev–Trinajstić information content (AvgIpc) is 2.50. The van der Waals surface area contributed by atoms with Crippen LogP contribution in [0, 0.1) is 0 Å². The molecule has 0 amide bonds. The normalized spacial score (nSPS) is 10.9. The summed E-state index contributed by atoms with van der Waals surface area (Å²) in [6.07, 6.45) is 3.68. The molecule has 0 atom stereocenters. The number of likely N-dealkylation sites (N-methyl/N-ethyl adjacent to an activating group) is 1. The molecule has 0 aromatic carbocycles. The fourth-order valence-electron chi connectivity index (χ4n) is 1.56. The molecule has 21 heavy (non-hydrogen) atoms. The van der Waals surface area contributed by atoms with E-state index in [-0.39, 0.29) is 0 Å². The van der Waals surface area contributed by atoms with Crippen LogP contribution in [-0.4, -0.2) is 64.1 Å². The second-order valence-corrected chi connectivity index (χ2v) is 5.26. The van der Waals surface area contributed by atoms with Crippen LogP contribution in [0.5, 0.6) is 0 Å². The van der Waals surface area contributed by atoms with E-state index < -0.39 is 0 Å². The van der Waals surface area contributed by atoms with Gasteiger partial charge in [-0.25, -0.2) is 0 Å². The highest BCUT2D eigenvalue weighted by atomic mass is 16.5. The second kappa shape index (κ2) is 19.8. The molecular formula is C17H40N2O2. The highest BCUT2D eigenvalue weighted by Crippen LogP contribution is 1.93. The molecule has 0 aliphatic rings. The third-order valence-corrected chi connectivity index (χ3v) is 3.21. The van der Waals surface area contributed by atoms with E-state index in [4.69, 9.17) is 9.47 Å². The van der Waals surface area contributed by atoms with Gasteiger partial charge in [-0.15, -0.1) is 0 Å². The lowest BCUT2D eigenvalue weighted by molar-refractivity contribution is 0.0473. The zero-order valence-corrected chi connectivity index (χ0v) is 15.4. The van der Waals surface area contributed by atoms with E-state index in [9.17, 15) is 0 Å². The number of ether oxygens (including phenoxy) is 2. The van der Waals surface area contributed by atoms with Crippen LogP contribution in [-0.2, 0) is 9.47 Å². The van der Waals surface area contributed by atoms with Crippen LogP contribution < -0.4 is 5.32 Å². The Bertz CT molecular complexity index is 178. The molecule has 0 radical (unpaired) electrons. The third kappa shape index (κ3) is 19.8. The van der Waals surface area contributed by atoms with Crippen molar-refractivity contribution in [3.05, 3.63) is 0 Å². The molecule has 0 saturated heterocycles. The SMILES string of the molecule is CC.CCCCCOCCOCCNCCN(C)C(C)C. The van der Waals surface area contributed by atoms with Gasteiger partial charge in [0.1, 0.15) is 0 Å². The van der Waals surface area contributed by atoms with E-state index in [1.165, 1.54) is 19.3 Å². The predicted molar refractivity (Wildman–Crippen MR) is 93.1 cm³/mol. The second-order valence-electron chi connectivity index (χ2n) is 5.26. The largest absolute Gasteiger partial charge is 0.379 e. The van der Waals surface area contributed by atoms with Crippen molar-refractivity contribution in [1.82, 2.24) is 10.2 Å². The quantitative estimate of drug-likeness (QED) is 0.500. The summed E-state index contributed by atoms with van der Waals surface area (Å²) in [7, 11) is 2.15. The lowest BCUT2D eigenvalue weighted by Crippen LogP contribution is -2.34. The van der Waals surface area contributed by atoms with E-state index in [1.807, 2.05) is 13.8 Å². The van der Waals surface area contributed by atoms with Crippen LogP contribution >= 0.6 is 0 Å². The summed E-state index contributed by atoms with van der Waals surface area (Å²) in [5.74, 6) is 0. The molecule has 4 nitrogen and oxygen atoms in total. The molecule has 0 spiro atoms. The maximum atomic E-state index is 5.49. The molecule has 0 aromatic rings. The predicted octanol–water partition coefficient (Wildman–Crippen LogP) is 3.17. The van der Waals surface area contributed by atoms with Gasteiger partial charge in [-0.2, -0.15) is 0 Å². The summed E-state index contributed by atoms with van der Waals surface area (Å²) in [6, 6.07) is 0.614. The Morgan fingerprint density at radius 3 is 2.10 bits per heavy atom. The van der Waals surface area contributed by atoms with Gasteiger partial charge in [0.15, 0.2) is 0 Å². The van der Waals surface area contributed by atoms with Crippen LogP contribution in [0.3, 0.4) is 0 Å². The van der Waals surface area contributed by atoms with E-state index in [0.717, 1.165) is 39.5 Å². The van der Waals surface area contributed by atoms with Crippen molar-refractivity contribution in [2.24, 2.45) is 0 Å². The minimum atomic E-state index is 0.614. The Balaban J connectivity index is 0. The van der Waals surface area contributed by atoms with Gasteiger partial charge in [-0.05, 0) is 27.3 Å². The highest BCUT2D eigenvalue weighted by molar-refractivity contribution is 4.58. The Kier molecular flexibility index (Phi) is 21.8. The molecule has 0 aliphatic heterocycles. The van der Waals surface area contributed by atoms with Crippen LogP contribution in [0.2, 0.25) is 0 Å². The highest BCUT2D eigenvalue weighted by Gasteiger charge is 2.01. The lowest BCUT2D eigenvalue weighted by atomic mass is 10.3. The lowest BCUT2D eigenvalue weighted by Gasteiger charge is -2.20. The molecule has 0 saturated carbocycles. The molecule has 0 aromatic heterocycles. The van der Waals surface area contributed by atoms with Crippen LogP contribution in [0.1, 0.15) is 53.9 Å². The number of nitrogens with one attached hydrogen (secondary N) is 1. The van der Waals surface area contributed by atoms with E-state index in [1.54, 1.807) is 0 Å². The molecule has 0 bridgehead atoms. The van der Waals surface area contributed by atoms with Crippen molar-refractivity contribution in [2.75, 3.05) is 53.1 Å². The maximum absolute atomic E-state index is 5.49. The Morgan fingerprint density at radius 1 is 0.905 bits per heavy atom. The number of rotatable bonds is 14. The van der Waals surface area contributed by atoms with Crippen molar-refractivity contribution < 1.29 is 9.47 Å². The zero-order chi connectivity index (χ0) is 16.3. The summed E-state index contributed by atoms with van der Waals surface area (Å²) in [5.41, 5.74) is 0. The van der Waals surface area contributed by atoms with Gasteiger partial charge in [0.25, 0.3) is 0 Å². The van der Waals surface area contributed by atoms with Gasteiger partial charge in [-0.3, -0.25) is 0 Å². The monoisotopic (exact) mass is 304 g/mol. The van der Waals surface area contributed by atoms with Gasteiger partial charge in [0, 0.05) is 32.3 Å². The van der Waals surface area contributed by atoms with E-state index >= 15 is 0 Å². The summed E-state index contributed by atoms with van der Waals surface area (Å²) < 4.78 is 11.0. The van der Waals surface area contributed by atoms with Gasteiger partial charge in [0.05, 0.1) is 19.8 Å².